The maximum Gasteiger partial charge on any atom is 0.330 e. The number of nitrogens with zero attached hydrogens (tertiary/aromatic N) is 2. The monoisotopic (exact) mass is 282 g/mol. The van der Waals surface area contributed by atoms with E-state index in [0.717, 1.165) is 10.5 Å². The number of carbonyl (C=O) groups excluding carboxylic acids is 2. The van der Waals surface area contributed by atoms with Gasteiger partial charge in [0.2, 0.25) is 0 Å². The van der Waals surface area contributed by atoms with E-state index in [2.05, 4.69) is 15.6 Å². The molecule has 1 aromatic carbocycles. The number of rotatable bonds is 4. The maximum atomic E-state index is 12.3. The highest BCUT2D eigenvalue weighted by atomic mass is 16.2. The molecule has 106 valence electrons. The van der Waals surface area contributed by atoms with E-state index in [1.165, 1.54) is 0 Å². The number of para-hydroxylation sites is 1. The molecule has 1 aliphatic heterocycles. The number of benzene rings is 1. The Labute approximate surface area is 121 Å². The third-order valence-electron chi connectivity index (χ3n) is 3.19. The second-order valence-corrected chi connectivity index (χ2v) is 4.63. The van der Waals surface area contributed by atoms with Crippen molar-refractivity contribution in [3.63, 3.8) is 0 Å². The van der Waals surface area contributed by atoms with Gasteiger partial charge < -0.3 is 5.32 Å². The van der Waals surface area contributed by atoms with E-state index in [1.807, 2.05) is 18.2 Å². The number of carbonyl (C=O) groups is 2. The minimum Gasteiger partial charge on any atom is -0.313 e. The first-order valence-corrected chi connectivity index (χ1v) is 6.57. The van der Waals surface area contributed by atoms with Crippen molar-refractivity contribution in [1.29, 1.82) is 0 Å². The van der Waals surface area contributed by atoms with Crippen molar-refractivity contribution in [3.05, 3.63) is 60.4 Å². The second-order valence-electron chi connectivity index (χ2n) is 4.63. The van der Waals surface area contributed by atoms with Crippen LogP contribution in [0.1, 0.15) is 5.56 Å². The van der Waals surface area contributed by atoms with E-state index in [0.29, 0.717) is 12.2 Å². The average Bonchev–Trinajstić information content (AvgIpc) is 2.81. The molecule has 0 aliphatic carbocycles. The van der Waals surface area contributed by atoms with E-state index in [4.69, 9.17) is 0 Å². The van der Waals surface area contributed by atoms with Crippen LogP contribution < -0.4 is 15.5 Å². The van der Waals surface area contributed by atoms with Gasteiger partial charge in [-0.1, -0.05) is 24.3 Å². The maximum absolute atomic E-state index is 12.3. The van der Waals surface area contributed by atoms with Gasteiger partial charge in [-0.05, 0) is 23.8 Å². The van der Waals surface area contributed by atoms with E-state index in [1.54, 1.807) is 36.7 Å². The predicted molar refractivity (Wildman–Crippen MR) is 77.3 cm³/mol. The lowest BCUT2D eigenvalue weighted by molar-refractivity contribution is -0.119. The molecule has 1 aliphatic rings. The van der Waals surface area contributed by atoms with Crippen molar-refractivity contribution < 1.29 is 9.59 Å². The Bertz CT molecular complexity index is 645. The molecule has 0 radical (unpaired) electrons. The van der Waals surface area contributed by atoms with Crippen molar-refractivity contribution in [1.82, 2.24) is 15.6 Å². The first-order valence-electron chi connectivity index (χ1n) is 6.57. The number of urea groups is 1. The van der Waals surface area contributed by atoms with Crippen LogP contribution in [-0.4, -0.2) is 23.1 Å². The molecule has 6 nitrogen and oxygen atoms in total. The Morgan fingerprint density at radius 3 is 2.67 bits per heavy atom. The molecule has 21 heavy (non-hydrogen) atoms. The number of hydrogen-bond acceptors (Lipinski definition) is 4. The van der Waals surface area contributed by atoms with Crippen LogP contribution in [0.5, 0.6) is 0 Å². The quantitative estimate of drug-likeness (QED) is 0.828. The SMILES string of the molecule is O=C1NC(NCc2cccnc2)C(=O)N1c1ccccc1. The average molecular weight is 282 g/mol. The summed E-state index contributed by atoms with van der Waals surface area (Å²) < 4.78 is 0. The van der Waals surface area contributed by atoms with Gasteiger partial charge in [0, 0.05) is 18.9 Å². The number of nitrogens with one attached hydrogen (secondary N) is 2. The molecule has 1 atom stereocenters. The minimum absolute atomic E-state index is 0.310. The second kappa shape index (κ2) is 5.72. The summed E-state index contributed by atoms with van der Waals surface area (Å²) in [4.78, 5) is 29.4. The normalized spacial score (nSPS) is 17.9. The Balaban J connectivity index is 1.69. The Hall–Kier alpha value is -2.73. The predicted octanol–water partition coefficient (Wildman–Crippen LogP) is 1.25. The summed E-state index contributed by atoms with van der Waals surface area (Å²) in [5, 5.41) is 5.64. The molecule has 1 fully saturated rings. The standard InChI is InChI=1S/C15H14N4O2/c20-14-13(17-10-11-5-4-8-16-9-11)18-15(21)19(14)12-6-2-1-3-7-12/h1-9,13,17H,10H2,(H,18,21). The molecule has 0 spiro atoms. The molecule has 2 heterocycles. The van der Waals surface area contributed by atoms with Gasteiger partial charge in [-0.15, -0.1) is 0 Å². The van der Waals surface area contributed by atoms with Crippen LogP contribution in [0.2, 0.25) is 0 Å². The lowest BCUT2D eigenvalue weighted by Crippen LogP contribution is -2.43. The highest BCUT2D eigenvalue weighted by Crippen LogP contribution is 2.18. The molecule has 3 rings (SSSR count). The number of aromatic nitrogens is 1. The lowest BCUT2D eigenvalue weighted by Gasteiger charge is -2.13. The summed E-state index contributed by atoms with van der Waals surface area (Å²) in [7, 11) is 0. The van der Waals surface area contributed by atoms with Gasteiger partial charge in [0.1, 0.15) is 0 Å². The van der Waals surface area contributed by atoms with E-state index in [9.17, 15) is 9.59 Å². The first-order chi connectivity index (χ1) is 10.3. The fourth-order valence-corrected chi connectivity index (χ4v) is 2.16. The van der Waals surface area contributed by atoms with Gasteiger partial charge in [0.25, 0.3) is 5.91 Å². The van der Waals surface area contributed by atoms with Crippen molar-refractivity contribution in [2.75, 3.05) is 4.90 Å². The van der Waals surface area contributed by atoms with Crippen LogP contribution >= 0.6 is 0 Å². The molecule has 1 unspecified atom stereocenters. The summed E-state index contributed by atoms with van der Waals surface area (Å²) in [6.45, 7) is 0.452. The van der Waals surface area contributed by atoms with Gasteiger partial charge in [0.15, 0.2) is 6.17 Å². The van der Waals surface area contributed by atoms with Gasteiger partial charge in [-0.25, -0.2) is 9.69 Å². The van der Waals surface area contributed by atoms with Crippen molar-refractivity contribution in [2.45, 2.75) is 12.7 Å². The molecule has 0 bridgehead atoms. The third kappa shape index (κ3) is 2.75. The molecular weight excluding hydrogens is 268 g/mol. The Morgan fingerprint density at radius 1 is 1.14 bits per heavy atom. The number of pyridine rings is 1. The lowest BCUT2D eigenvalue weighted by atomic mass is 10.2. The van der Waals surface area contributed by atoms with Crippen molar-refractivity contribution in [3.8, 4) is 0 Å². The number of amides is 3. The Morgan fingerprint density at radius 2 is 1.95 bits per heavy atom. The smallest absolute Gasteiger partial charge is 0.313 e. The Kier molecular flexibility index (Phi) is 3.61. The summed E-state index contributed by atoms with van der Waals surface area (Å²) in [6.07, 6.45) is 2.67. The summed E-state index contributed by atoms with van der Waals surface area (Å²) >= 11 is 0. The van der Waals surface area contributed by atoms with E-state index < -0.39 is 12.2 Å². The van der Waals surface area contributed by atoms with Crippen LogP contribution in [0.4, 0.5) is 10.5 Å². The van der Waals surface area contributed by atoms with Crippen LogP contribution in [-0.2, 0) is 11.3 Å². The van der Waals surface area contributed by atoms with Crippen LogP contribution in [0.3, 0.4) is 0 Å². The zero-order chi connectivity index (χ0) is 14.7. The zero-order valence-corrected chi connectivity index (χ0v) is 11.2. The van der Waals surface area contributed by atoms with Crippen LogP contribution in [0, 0.1) is 0 Å². The molecule has 1 aromatic heterocycles. The zero-order valence-electron chi connectivity index (χ0n) is 11.2. The summed E-state index contributed by atoms with van der Waals surface area (Å²) in [6, 6.07) is 12.1. The highest BCUT2D eigenvalue weighted by molar-refractivity contribution is 6.21. The van der Waals surface area contributed by atoms with Crippen molar-refractivity contribution in [2.24, 2.45) is 0 Å². The molecule has 2 aromatic rings. The van der Waals surface area contributed by atoms with Crippen LogP contribution in [0.25, 0.3) is 0 Å². The largest absolute Gasteiger partial charge is 0.330 e. The fraction of sp³-hybridized carbons (Fsp3) is 0.133. The van der Waals surface area contributed by atoms with E-state index >= 15 is 0 Å². The number of anilines is 1. The van der Waals surface area contributed by atoms with Gasteiger partial charge in [-0.3, -0.25) is 15.1 Å². The highest BCUT2D eigenvalue weighted by Gasteiger charge is 2.38. The summed E-state index contributed by atoms with van der Waals surface area (Å²) in [5.41, 5.74) is 1.50. The molecule has 6 heteroatoms. The van der Waals surface area contributed by atoms with Gasteiger partial charge >= 0.3 is 6.03 Å². The molecule has 0 saturated carbocycles. The van der Waals surface area contributed by atoms with Gasteiger partial charge in [-0.2, -0.15) is 0 Å². The minimum atomic E-state index is -0.724. The number of imide groups is 1. The first kappa shape index (κ1) is 13.3. The molecular formula is C15H14N4O2. The summed E-state index contributed by atoms with van der Waals surface area (Å²) in [5.74, 6) is -0.310. The molecule has 3 amide bonds. The fourth-order valence-electron chi connectivity index (χ4n) is 2.16. The topological polar surface area (TPSA) is 74.3 Å². The van der Waals surface area contributed by atoms with Crippen molar-refractivity contribution >= 4 is 17.6 Å². The molecule has 2 N–H and O–H groups in total. The van der Waals surface area contributed by atoms with E-state index in [-0.39, 0.29) is 5.91 Å². The third-order valence-corrected chi connectivity index (χ3v) is 3.19. The molecule has 1 saturated heterocycles. The van der Waals surface area contributed by atoms with Crippen LogP contribution in [0.15, 0.2) is 54.9 Å². The van der Waals surface area contributed by atoms with Gasteiger partial charge in [0.05, 0.1) is 5.69 Å². The number of hydrogen-bond donors (Lipinski definition) is 2.